The van der Waals surface area contributed by atoms with Crippen LogP contribution in [0.25, 0.3) is 10.4 Å². The molecule has 0 saturated heterocycles. The Morgan fingerprint density at radius 3 is 2.16 bits per heavy atom. The van der Waals surface area contributed by atoms with Crippen LogP contribution in [0.4, 0.5) is 21.0 Å². The van der Waals surface area contributed by atoms with E-state index in [1.807, 2.05) is 60.7 Å². The molecule has 0 unspecified atom stereocenters. The summed E-state index contributed by atoms with van der Waals surface area (Å²) >= 11 is 0. The number of benzene rings is 2. The van der Waals surface area contributed by atoms with Crippen LogP contribution in [0, 0.1) is 46.3 Å². The number of rotatable bonds is 9. The Morgan fingerprint density at radius 1 is 0.900 bits per heavy atom. The van der Waals surface area contributed by atoms with E-state index in [1.54, 1.807) is 0 Å². The van der Waals surface area contributed by atoms with E-state index in [2.05, 4.69) is 52.1 Å². The van der Waals surface area contributed by atoms with Crippen LogP contribution in [0.5, 0.6) is 0 Å². The molecule has 11 atom stereocenters. The largest absolute Gasteiger partial charge is 0.469 e. The van der Waals surface area contributed by atoms with Gasteiger partial charge in [0.1, 0.15) is 0 Å². The first-order valence-electron chi connectivity index (χ1n) is 18.4. The third kappa shape index (κ3) is 7.02. The van der Waals surface area contributed by atoms with E-state index in [9.17, 15) is 19.9 Å². The number of methoxy groups -OCH3 is 1. The standard InChI is InChI=1S/C39H53N7O4/c1-24(15-18-34(47)50-4)29-16-17-30-35-31(23-33(39(29,30)3)44-37(49)42-27-13-9-6-10-14-27)38(2)20-19-28(45-46-40)21-25(38)22-32(35)43-36(48)41-26-11-7-5-8-12-26/h5-14,24-25,28-33,35H,15-23H2,1-4H3,(H2,41,43,48)(H2,42,44,49)/t24-,25+,28-,29-,30+,31+,32-,33+,35+,38+,39-/m1/s1. The van der Waals surface area contributed by atoms with Crippen molar-refractivity contribution >= 4 is 29.4 Å². The Balaban J connectivity index is 1.35. The van der Waals surface area contributed by atoms with Crippen molar-refractivity contribution in [1.82, 2.24) is 10.6 Å². The molecule has 4 aliphatic carbocycles. The first kappa shape index (κ1) is 35.6. The summed E-state index contributed by atoms with van der Waals surface area (Å²) in [5.41, 5.74) is 10.5. The van der Waals surface area contributed by atoms with E-state index < -0.39 is 0 Å². The van der Waals surface area contributed by atoms with Crippen molar-refractivity contribution in [2.24, 2.45) is 51.5 Å². The number of anilines is 2. The van der Waals surface area contributed by atoms with Gasteiger partial charge >= 0.3 is 18.0 Å². The predicted molar refractivity (Wildman–Crippen MR) is 194 cm³/mol. The zero-order valence-corrected chi connectivity index (χ0v) is 29.8. The minimum absolute atomic E-state index is 0.0357. The van der Waals surface area contributed by atoms with Crippen LogP contribution >= 0.6 is 0 Å². The maximum absolute atomic E-state index is 13.8. The van der Waals surface area contributed by atoms with Crippen molar-refractivity contribution in [2.45, 2.75) is 96.7 Å². The zero-order valence-electron chi connectivity index (χ0n) is 29.8. The van der Waals surface area contributed by atoms with Crippen LogP contribution in [-0.2, 0) is 9.53 Å². The number of hydrogen-bond acceptors (Lipinski definition) is 5. The number of para-hydroxylation sites is 2. The molecule has 4 saturated carbocycles. The first-order valence-corrected chi connectivity index (χ1v) is 18.4. The van der Waals surface area contributed by atoms with Crippen molar-refractivity contribution in [3.05, 3.63) is 71.1 Å². The Hall–Kier alpha value is -4.24. The van der Waals surface area contributed by atoms with E-state index in [-0.39, 0.29) is 82.5 Å². The van der Waals surface area contributed by atoms with Crippen molar-refractivity contribution < 1.29 is 19.1 Å². The van der Waals surface area contributed by atoms with Crippen LogP contribution in [0.1, 0.15) is 78.6 Å². The molecule has 0 aromatic heterocycles. The molecule has 0 spiro atoms. The van der Waals surface area contributed by atoms with Crippen molar-refractivity contribution in [1.29, 1.82) is 0 Å². The molecule has 4 amide bonds. The molecule has 2 aromatic carbocycles. The number of azide groups is 1. The van der Waals surface area contributed by atoms with Gasteiger partial charge in [0, 0.05) is 40.8 Å². The van der Waals surface area contributed by atoms with Gasteiger partial charge in [0.25, 0.3) is 0 Å². The van der Waals surface area contributed by atoms with E-state index in [4.69, 9.17) is 4.74 Å². The number of amides is 4. The maximum atomic E-state index is 13.8. The Kier molecular flexibility index (Phi) is 10.6. The monoisotopic (exact) mass is 683 g/mol. The number of ether oxygens (including phenoxy) is 1. The number of fused-ring (bicyclic) bond motifs is 5. The fourth-order valence-corrected chi connectivity index (χ4v) is 11.1. The van der Waals surface area contributed by atoms with E-state index in [0.29, 0.717) is 6.42 Å². The van der Waals surface area contributed by atoms with Gasteiger partial charge in [-0.3, -0.25) is 4.79 Å². The summed E-state index contributed by atoms with van der Waals surface area (Å²) in [4.78, 5) is 42.8. The average Bonchev–Trinajstić information content (AvgIpc) is 3.47. The second-order valence-corrected chi connectivity index (χ2v) is 15.8. The van der Waals surface area contributed by atoms with Crippen LogP contribution in [0.15, 0.2) is 65.8 Å². The molecule has 6 rings (SSSR count). The van der Waals surface area contributed by atoms with Crippen LogP contribution < -0.4 is 21.3 Å². The van der Waals surface area contributed by atoms with Gasteiger partial charge in [0.2, 0.25) is 0 Å². The molecule has 4 fully saturated rings. The quantitative estimate of drug-likeness (QED) is 0.0904. The molecular formula is C39H53N7O4. The topological polar surface area (TPSA) is 157 Å². The first-order chi connectivity index (χ1) is 24.1. The summed E-state index contributed by atoms with van der Waals surface area (Å²) in [7, 11) is 1.44. The molecule has 50 heavy (non-hydrogen) atoms. The molecule has 0 bridgehead atoms. The van der Waals surface area contributed by atoms with Gasteiger partial charge in [-0.2, -0.15) is 0 Å². The fraction of sp³-hybridized carbons (Fsp3) is 0.615. The molecule has 268 valence electrons. The lowest BCUT2D eigenvalue weighted by molar-refractivity contribution is -0.143. The summed E-state index contributed by atoms with van der Waals surface area (Å²) in [6.07, 6.45) is 7.26. The number of esters is 1. The molecule has 11 nitrogen and oxygen atoms in total. The lowest BCUT2D eigenvalue weighted by Crippen LogP contribution is -2.67. The lowest BCUT2D eigenvalue weighted by Gasteiger charge is -2.65. The van der Waals surface area contributed by atoms with Gasteiger partial charge in [-0.15, -0.1) is 0 Å². The minimum Gasteiger partial charge on any atom is -0.469 e. The number of carbonyl (C=O) groups excluding carboxylic acids is 3. The zero-order chi connectivity index (χ0) is 35.5. The predicted octanol–water partition coefficient (Wildman–Crippen LogP) is 8.51. The second-order valence-electron chi connectivity index (χ2n) is 15.8. The SMILES string of the molecule is COC(=O)CC[C@@H](C)[C@H]1CC[C@H]2[C@@H]3[C@H](NC(=O)Nc4ccccc4)C[C@@H]4C[C@H](N=[N+]=[N-])CC[C@]4(C)[C@H]3C[C@H](NC(=O)Nc3ccccc3)[C@]12C. The smallest absolute Gasteiger partial charge is 0.319 e. The summed E-state index contributed by atoms with van der Waals surface area (Å²) in [6, 6.07) is 18.3. The molecule has 0 radical (unpaired) electrons. The summed E-state index contributed by atoms with van der Waals surface area (Å²) in [5, 5.41) is 17.2. The Bertz CT molecular complexity index is 1570. The molecule has 4 N–H and O–H groups in total. The third-order valence-electron chi connectivity index (χ3n) is 13.5. The highest BCUT2D eigenvalue weighted by Gasteiger charge is 2.66. The van der Waals surface area contributed by atoms with Crippen molar-refractivity contribution in [3.8, 4) is 0 Å². The number of nitrogens with zero attached hydrogens (tertiary/aromatic N) is 3. The van der Waals surface area contributed by atoms with Gasteiger partial charge in [-0.25, -0.2) is 9.59 Å². The van der Waals surface area contributed by atoms with Crippen LogP contribution in [0.3, 0.4) is 0 Å². The van der Waals surface area contributed by atoms with Gasteiger partial charge in [-0.05, 0) is 128 Å². The maximum Gasteiger partial charge on any atom is 0.319 e. The summed E-state index contributed by atoms with van der Waals surface area (Å²) in [5.74, 6) is 1.24. The minimum atomic E-state index is -0.272. The van der Waals surface area contributed by atoms with Crippen LogP contribution in [0.2, 0.25) is 0 Å². The molecule has 11 heteroatoms. The van der Waals surface area contributed by atoms with E-state index in [0.717, 1.165) is 62.7 Å². The Morgan fingerprint density at radius 2 is 1.54 bits per heavy atom. The van der Waals surface area contributed by atoms with Gasteiger partial charge in [0.05, 0.1) is 7.11 Å². The number of urea groups is 2. The number of carbonyl (C=O) groups is 3. The van der Waals surface area contributed by atoms with Crippen molar-refractivity contribution in [2.75, 3.05) is 17.7 Å². The molecular weight excluding hydrogens is 630 g/mol. The number of nitrogens with one attached hydrogen (secondary N) is 4. The normalized spacial score (nSPS) is 34.7. The van der Waals surface area contributed by atoms with Crippen LogP contribution in [-0.4, -0.2) is 43.3 Å². The van der Waals surface area contributed by atoms with Gasteiger partial charge < -0.3 is 26.0 Å². The van der Waals surface area contributed by atoms with E-state index >= 15 is 0 Å². The van der Waals surface area contributed by atoms with Gasteiger partial charge in [0.15, 0.2) is 0 Å². The summed E-state index contributed by atoms with van der Waals surface area (Å²) in [6.45, 7) is 7.02. The number of hydrogen-bond donors (Lipinski definition) is 4. The molecule has 4 aliphatic rings. The fourth-order valence-electron chi connectivity index (χ4n) is 11.1. The molecule has 0 aliphatic heterocycles. The van der Waals surface area contributed by atoms with E-state index in [1.165, 1.54) is 7.11 Å². The second kappa shape index (κ2) is 14.9. The molecule has 2 aromatic rings. The third-order valence-corrected chi connectivity index (χ3v) is 13.5. The average molecular weight is 684 g/mol. The molecule has 0 heterocycles. The highest BCUT2D eigenvalue weighted by molar-refractivity contribution is 5.90. The van der Waals surface area contributed by atoms with Crippen molar-refractivity contribution in [3.63, 3.8) is 0 Å². The summed E-state index contributed by atoms with van der Waals surface area (Å²) < 4.78 is 5.00. The van der Waals surface area contributed by atoms with Gasteiger partial charge in [-0.1, -0.05) is 62.3 Å². The highest BCUT2D eigenvalue weighted by Crippen LogP contribution is 2.68. The lowest BCUT2D eigenvalue weighted by atomic mass is 9.42. The highest BCUT2D eigenvalue weighted by atomic mass is 16.5. The Labute approximate surface area is 295 Å².